The summed E-state index contributed by atoms with van der Waals surface area (Å²) in [5, 5.41) is 10.7. The average molecular weight is 261 g/mol. The molecule has 3 aliphatic heterocycles. The Morgan fingerprint density at radius 3 is 2.37 bits per heavy atom. The summed E-state index contributed by atoms with van der Waals surface area (Å²) in [6.07, 6.45) is 2.56. The molecule has 0 amide bonds. The largest absolute Gasteiger partial charge is 0.370 e. The van der Waals surface area contributed by atoms with Crippen molar-refractivity contribution in [1.29, 1.82) is 0 Å². The lowest BCUT2D eigenvalue weighted by Gasteiger charge is -2.48. The topological polar surface area (TPSA) is 49.6 Å². The number of likely N-dealkylation sites (N-methyl/N-ethyl adjacent to an activating group) is 1. The third-order valence-electron chi connectivity index (χ3n) is 4.59. The first kappa shape index (κ1) is 12.4. The molecular weight excluding hydrogens is 242 g/mol. The molecule has 5 heteroatoms. The minimum absolute atomic E-state index is 0.158. The zero-order chi connectivity index (χ0) is 13.4. The van der Waals surface area contributed by atoms with Crippen LogP contribution in [0.2, 0.25) is 0 Å². The standard InChI is InChI=1S/C14H19N3O2/c1-15(12-2-4-13(5-3-12)17(18)19)14-10-16-8-6-11(14)7-9-16/h2-5,11,14H,6-10H2,1H3/t14-/m0/s1. The van der Waals surface area contributed by atoms with Crippen LogP contribution in [0.4, 0.5) is 11.4 Å². The Bertz CT molecular complexity index is 466. The van der Waals surface area contributed by atoms with E-state index >= 15 is 0 Å². The van der Waals surface area contributed by atoms with Crippen LogP contribution in [-0.2, 0) is 0 Å². The van der Waals surface area contributed by atoms with Gasteiger partial charge in [0.15, 0.2) is 0 Å². The summed E-state index contributed by atoms with van der Waals surface area (Å²) in [5.74, 6) is 0.769. The molecule has 3 fully saturated rings. The van der Waals surface area contributed by atoms with Crippen molar-refractivity contribution in [2.24, 2.45) is 5.92 Å². The molecule has 1 aromatic rings. The van der Waals surface area contributed by atoms with E-state index in [1.165, 1.54) is 25.9 Å². The monoisotopic (exact) mass is 261 g/mol. The summed E-state index contributed by atoms with van der Waals surface area (Å²) in [5.41, 5.74) is 1.23. The van der Waals surface area contributed by atoms with Crippen LogP contribution in [-0.4, -0.2) is 42.5 Å². The Hall–Kier alpha value is -1.62. The maximum absolute atomic E-state index is 10.7. The number of non-ortho nitro benzene ring substituents is 1. The van der Waals surface area contributed by atoms with Crippen LogP contribution in [0, 0.1) is 16.0 Å². The molecule has 1 atom stereocenters. The molecule has 0 aliphatic carbocycles. The van der Waals surface area contributed by atoms with Crippen molar-refractivity contribution in [1.82, 2.24) is 4.90 Å². The van der Waals surface area contributed by atoms with E-state index in [0.717, 1.165) is 18.2 Å². The lowest BCUT2D eigenvalue weighted by atomic mass is 9.83. The smallest absolute Gasteiger partial charge is 0.269 e. The molecule has 1 aromatic carbocycles. The van der Waals surface area contributed by atoms with Gasteiger partial charge in [-0.2, -0.15) is 0 Å². The van der Waals surface area contributed by atoms with Crippen LogP contribution in [0.3, 0.4) is 0 Å². The van der Waals surface area contributed by atoms with Crippen molar-refractivity contribution in [3.8, 4) is 0 Å². The predicted molar refractivity (Wildman–Crippen MR) is 74.5 cm³/mol. The van der Waals surface area contributed by atoms with Crippen LogP contribution in [0.15, 0.2) is 24.3 Å². The molecule has 3 saturated heterocycles. The molecule has 5 nitrogen and oxygen atoms in total. The van der Waals surface area contributed by atoms with Crippen molar-refractivity contribution in [2.75, 3.05) is 31.6 Å². The van der Waals surface area contributed by atoms with Gasteiger partial charge in [0.25, 0.3) is 5.69 Å². The van der Waals surface area contributed by atoms with E-state index in [2.05, 4.69) is 16.8 Å². The fourth-order valence-electron chi connectivity index (χ4n) is 3.37. The first-order valence-electron chi connectivity index (χ1n) is 6.85. The van der Waals surface area contributed by atoms with E-state index in [-0.39, 0.29) is 10.6 Å². The Balaban J connectivity index is 1.76. The molecule has 3 heterocycles. The molecule has 0 saturated carbocycles. The Morgan fingerprint density at radius 1 is 1.26 bits per heavy atom. The number of benzene rings is 1. The Morgan fingerprint density at radius 2 is 1.89 bits per heavy atom. The minimum Gasteiger partial charge on any atom is -0.370 e. The van der Waals surface area contributed by atoms with E-state index in [1.807, 2.05) is 12.1 Å². The van der Waals surface area contributed by atoms with E-state index in [9.17, 15) is 10.1 Å². The van der Waals surface area contributed by atoms with Crippen molar-refractivity contribution < 1.29 is 4.92 Å². The van der Waals surface area contributed by atoms with Crippen molar-refractivity contribution >= 4 is 11.4 Å². The van der Waals surface area contributed by atoms with Crippen molar-refractivity contribution in [3.63, 3.8) is 0 Å². The maximum atomic E-state index is 10.7. The number of nitro benzene ring substituents is 1. The minimum atomic E-state index is -0.349. The second-order valence-electron chi connectivity index (χ2n) is 5.59. The highest BCUT2D eigenvalue weighted by Gasteiger charge is 2.36. The highest BCUT2D eigenvalue weighted by molar-refractivity contribution is 5.51. The van der Waals surface area contributed by atoms with Crippen molar-refractivity contribution in [3.05, 3.63) is 34.4 Å². The number of nitrogens with zero attached hydrogens (tertiary/aromatic N) is 3. The first-order valence-corrected chi connectivity index (χ1v) is 6.85. The van der Waals surface area contributed by atoms with Crippen LogP contribution in [0.5, 0.6) is 0 Å². The van der Waals surface area contributed by atoms with Crippen LogP contribution in [0.25, 0.3) is 0 Å². The molecule has 0 N–H and O–H groups in total. The molecule has 102 valence electrons. The number of piperidine rings is 3. The van der Waals surface area contributed by atoms with Gasteiger partial charge in [0, 0.05) is 37.5 Å². The van der Waals surface area contributed by atoms with Crippen LogP contribution in [0.1, 0.15) is 12.8 Å². The molecule has 0 aromatic heterocycles. The number of nitro groups is 1. The summed E-state index contributed by atoms with van der Waals surface area (Å²) >= 11 is 0. The summed E-state index contributed by atoms with van der Waals surface area (Å²) in [7, 11) is 2.10. The number of rotatable bonds is 3. The summed E-state index contributed by atoms with van der Waals surface area (Å²) < 4.78 is 0. The zero-order valence-electron chi connectivity index (χ0n) is 11.2. The molecule has 0 spiro atoms. The Kier molecular flexibility index (Phi) is 3.14. The fraction of sp³-hybridized carbons (Fsp3) is 0.571. The SMILES string of the molecule is CN(c1ccc([N+](=O)[O-])cc1)[C@H]1CN2CCC1CC2. The average Bonchev–Trinajstić information content (AvgIpc) is 2.47. The van der Waals surface area contributed by atoms with Gasteiger partial charge in [0.1, 0.15) is 0 Å². The lowest BCUT2D eigenvalue weighted by Crippen LogP contribution is -2.56. The second kappa shape index (κ2) is 4.81. The summed E-state index contributed by atoms with van der Waals surface area (Å²) in [6, 6.07) is 7.44. The molecule has 19 heavy (non-hydrogen) atoms. The molecule has 2 bridgehead atoms. The number of fused-ring (bicyclic) bond motifs is 3. The van der Waals surface area contributed by atoms with Crippen LogP contribution >= 0.6 is 0 Å². The number of hydrogen-bond donors (Lipinski definition) is 0. The predicted octanol–water partition coefficient (Wildman–Crippen LogP) is 2.13. The fourth-order valence-corrected chi connectivity index (χ4v) is 3.37. The third kappa shape index (κ3) is 2.30. The van der Waals surface area contributed by atoms with E-state index in [0.29, 0.717) is 6.04 Å². The van der Waals surface area contributed by atoms with Gasteiger partial charge in [-0.25, -0.2) is 0 Å². The van der Waals surface area contributed by atoms with Gasteiger partial charge in [0.05, 0.1) is 4.92 Å². The van der Waals surface area contributed by atoms with E-state index in [1.54, 1.807) is 12.1 Å². The van der Waals surface area contributed by atoms with Gasteiger partial charge in [-0.1, -0.05) is 0 Å². The summed E-state index contributed by atoms with van der Waals surface area (Å²) in [4.78, 5) is 15.1. The molecule has 4 rings (SSSR count). The van der Waals surface area contributed by atoms with Crippen molar-refractivity contribution in [2.45, 2.75) is 18.9 Å². The lowest BCUT2D eigenvalue weighted by molar-refractivity contribution is -0.384. The number of anilines is 1. The normalized spacial score (nSPS) is 29.2. The zero-order valence-corrected chi connectivity index (χ0v) is 11.2. The quantitative estimate of drug-likeness (QED) is 0.618. The van der Waals surface area contributed by atoms with Gasteiger partial charge in [-0.05, 0) is 44.0 Å². The molecule has 0 unspecified atom stereocenters. The molecule has 0 radical (unpaired) electrons. The van der Waals surface area contributed by atoms with Gasteiger partial charge < -0.3 is 9.80 Å². The highest BCUT2D eigenvalue weighted by atomic mass is 16.6. The molecular formula is C14H19N3O2. The second-order valence-corrected chi connectivity index (χ2v) is 5.59. The highest BCUT2D eigenvalue weighted by Crippen LogP contribution is 2.32. The van der Waals surface area contributed by atoms with Gasteiger partial charge >= 0.3 is 0 Å². The van der Waals surface area contributed by atoms with E-state index < -0.39 is 0 Å². The Labute approximate surface area is 113 Å². The first-order chi connectivity index (χ1) is 9.15. The summed E-state index contributed by atoms with van der Waals surface area (Å²) in [6.45, 7) is 3.59. The van der Waals surface area contributed by atoms with Gasteiger partial charge in [-0.3, -0.25) is 10.1 Å². The maximum Gasteiger partial charge on any atom is 0.269 e. The van der Waals surface area contributed by atoms with Crippen LogP contribution < -0.4 is 4.90 Å². The number of hydrogen-bond acceptors (Lipinski definition) is 4. The molecule has 3 aliphatic rings. The van der Waals surface area contributed by atoms with E-state index in [4.69, 9.17) is 0 Å². The van der Waals surface area contributed by atoms with Gasteiger partial charge in [0.2, 0.25) is 0 Å². The third-order valence-corrected chi connectivity index (χ3v) is 4.59. The van der Waals surface area contributed by atoms with Gasteiger partial charge in [-0.15, -0.1) is 0 Å².